The smallest absolute Gasteiger partial charge is 0.0271 e. The molecule has 0 fully saturated rings. The second-order valence-electron chi connectivity index (χ2n) is 3.65. The van der Waals surface area contributed by atoms with Crippen LogP contribution in [0.2, 0.25) is 0 Å². The molecule has 0 aliphatic rings. The van der Waals surface area contributed by atoms with Crippen LogP contribution in [-0.4, -0.2) is 18.3 Å². The summed E-state index contributed by atoms with van der Waals surface area (Å²) in [7, 11) is 0. The van der Waals surface area contributed by atoms with Crippen LogP contribution in [0, 0.1) is 11.8 Å². The van der Waals surface area contributed by atoms with Crippen molar-refractivity contribution in [3.05, 3.63) is 28.7 Å². The Morgan fingerprint density at radius 2 is 2.06 bits per heavy atom. The van der Waals surface area contributed by atoms with E-state index in [-0.39, 0.29) is 0 Å². The molecule has 0 aromatic heterocycles. The van der Waals surface area contributed by atoms with Gasteiger partial charge in [0.2, 0.25) is 0 Å². The zero-order chi connectivity index (χ0) is 12.5. The van der Waals surface area contributed by atoms with Crippen LogP contribution in [0.15, 0.2) is 33.6 Å². The molecule has 0 aliphatic heterocycles. The molecule has 1 rings (SSSR count). The third-order valence-electron chi connectivity index (χ3n) is 2.28. The Hall–Kier alpha value is -0.430. The first kappa shape index (κ1) is 14.6. The number of hydrogen-bond donors (Lipinski definition) is 1. The van der Waals surface area contributed by atoms with Gasteiger partial charge in [0.25, 0.3) is 0 Å². The SMILES string of the molecule is CC#CCC(CSc1ccc(Br)cc1)NCC. The van der Waals surface area contributed by atoms with E-state index in [4.69, 9.17) is 0 Å². The predicted octanol–water partition coefficient (Wildman–Crippen LogP) is 3.93. The van der Waals surface area contributed by atoms with E-state index in [1.54, 1.807) is 0 Å². The summed E-state index contributed by atoms with van der Waals surface area (Å²) in [6.45, 7) is 5.03. The summed E-state index contributed by atoms with van der Waals surface area (Å²) in [6, 6.07) is 8.92. The molecular formula is C14H18BrNS. The highest BCUT2D eigenvalue weighted by Gasteiger charge is 2.06. The van der Waals surface area contributed by atoms with Gasteiger partial charge < -0.3 is 5.32 Å². The van der Waals surface area contributed by atoms with Crippen LogP contribution in [0.1, 0.15) is 20.3 Å². The molecule has 0 aliphatic carbocycles. The van der Waals surface area contributed by atoms with Gasteiger partial charge in [0.15, 0.2) is 0 Å². The lowest BCUT2D eigenvalue weighted by molar-refractivity contribution is 0.588. The van der Waals surface area contributed by atoms with Gasteiger partial charge in [0, 0.05) is 27.6 Å². The Bertz CT molecular complexity index is 377. The quantitative estimate of drug-likeness (QED) is 0.631. The van der Waals surface area contributed by atoms with Crippen LogP contribution in [0.4, 0.5) is 0 Å². The summed E-state index contributed by atoms with van der Waals surface area (Å²) in [4.78, 5) is 1.31. The second-order valence-corrected chi connectivity index (χ2v) is 5.66. The van der Waals surface area contributed by atoms with Gasteiger partial charge >= 0.3 is 0 Å². The normalized spacial score (nSPS) is 11.7. The third-order valence-corrected chi connectivity index (χ3v) is 3.99. The Balaban J connectivity index is 2.44. The van der Waals surface area contributed by atoms with Crippen LogP contribution < -0.4 is 5.32 Å². The standard InChI is InChI=1S/C14H18BrNS/c1-3-5-6-13(16-4-2)11-17-14-9-7-12(15)8-10-14/h7-10,13,16H,4,6,11H2,1-2H3. The van der Waals surface area contributed by atoms with Crippen LogP contribution in [-0.2, 0) is 0 Å². The zero-order valence-electron chi connectivity index (χ0n) is 10.3. The second kappa shape index (κ2) is 8.63. The van der Waals surface area contributed by atoms with Gasteiger partial charge in [-0.1, -0.05) is 22.9 Å². The topological polar surface area (TPSA) is 12.0 Å². The van der Waals surface area contributed by atoms with E-state index in [1.165, 1.54) is 4.90 Å². The van der Waals surface area contributed by atoms with Crippen molar-refractivity contribution in [3.63, 3.8) is 0 Å². The first-order chi connectivity index (χ1) is 8.26. The molecule has 1 nitrogen and oxygen atoms in total. The molecule has 0 saturated carbocycles. The van der Waals surface area contributed by atoms with Crippen molar-refractivity contribution < 1.29 is 0 Å². The van der Waals surface area contributed by atoms with E-state index in [9.17, 15) is 0 Å². The van der Waals surface area contributed by atoms with Gasteiger partial charge in [0.05, 0.1) is 0 Å². The molecule has 0 amide bonds. The summed E-state index contributed by atoms with van der Waals surface area (Å²) in [5.74, 6) is 7.16. The summed E-state index contributed by atoms with van der Waals surface area (Å²) in [5, 5.41) is 3.47. The maximum Gasteiger partial charge on any atom is 0.0271 e. The molecule has 1 unspecified atom stereocenters. The molecule has 3 heteroatoms. The molecule has 0 saturated heterocycles. The third kappa shape index (κ3) is 6.16. The number of thioether (sulfide) groups is 1. The van der Waals surface area contributed by atoms with Gasteiger partial charge in [-0.3, -0.25) is 0 Å². The molecule has 0 spiro atoms. The lowest BCUT2D eigenvalue weighted by atomic mass is 10.2. The number of nitrogens with one attached hydrogen (secondary N) is 1. The maximum atomic E-state index is 3.47. The average Bonchev–Trinajstić information content (AvgIpc) is 2.35. The number of halogens is 1. The van der Waals surface area contributed by atoms with Gasteiger partial charge in [0.1, 0.15) is 0 Å². The molecule has 17 heavy (non-hydrogen) atoms. The van der Waals surface area contributed by atoms with E-state index < -0.39 is 0 Å². The van der Waals surface area contributed by atoms with Crippen LogP contribution in [0.25, 0.3) is 0 Å². The molecule has 92 valence electrons. The van der Waals surface area contributed by atoms with E-state index in [0.29, 0.717) is 6.04 Å². The minimum atomic E-state index is 0.473. The molecule has 1 atom stereocenters. The maximum absolute atomic E-state index is 3.47. The van der Waals surface area contributed by atoms with Crippen molar-refractivity contribution >= 4 is 27.7 Å². The molecular weight excluding hydrogens is 294 g/mol. The summed E-state index contributed by atoms with van der Waals surface area (Å²) in [6.07, 6.45) is 0.924. The number of hydrogen-bond acceptors (Lipinski definition) is 2. The van der Waals surface area contributed by atoms with Crippen molar-refractivity contribution in [1.82, 2.24) is 5.32 Å². The number of benzene rings is 1. The Kier molecular flexibility index (Phi) is 7.43. The van der Waals surface area contributed by atoms with Gasteiger partial charge in [-0.05, 0) is 37.7 Å². The van der Waals surface area contributed by atoms with Crippen molar-refractivity contribution in [1.29, 1.82) is 0 Å². The molecule has 1 aromatic carbocycles. The minimum absolute atomic E-state index is 0.473. The van der Waals surface area contributed by atoms with Gasteiger partial charge in [-0.2, -0.15) is 0 Å². The monoisotopic (exact) mass is 311 g/mol. The van der Waals surface area contributed by atoms with Crippen molar-refractivity contribution in [2.75, 3.05) is 12.3 Å². The van der Waals surface area contributed by atoms with E-state index in [1.807, 2.05) is 18.7 Å². The van der Waals surface area contributed by atoms with E-state index >= 15 is 0 Å². The highest BCUT2D eigenvalue weighted by Crippen LogP contribution is 2.21. The van der Waals surface area contributed by atoms with Gasteiger partial charge in [-0.15, -0.1) is 23.6 Å². The first-order valence-electron chi connectivity index (χ1n) is 5.77. The Labute approximate surface area is 117 Å². The van der Waals surface area contributed by atoms with Crippen molar-refractivity contribution in [2.45, 2.75) is 31.2 Å². The lowest BCUT2D eigenvalue weighted by Gasteiger charge is -2.14. The van der Waals surface area contributed by atoms with E-state index in [0.717, 1.165) is 23.2 Å². The minimum Gasteiger partial charge on any atom is -0.312 e. The molecule has 0 heterocycles. The molecule has 0 radical (unpaired) electrons. The average molecular weight is 312 g/mol. The van der Waals surface area contributed by atoms with Crippen LogP contribution in [0.3, 0.4) is 0 Å². The lowest BCUT2D eigenvalue weighted by Crippen LogP contribution is -2.30. The summed E-state index contributed by atoms with van der Waals surface area (Å²) in [5.41, 5.74) is 0. The Morgan fingerprint density at radius 1 is 1.35 bits per heavy atom. The fourth-order valence-corrected chi connectivity index (χ4v) is 2.65. The molecule has 0 bridgehead atoms. The molecule has 1 aromatic rings. The number of rotatable bonds is 6. The van der Waals surface area contributed by atoms with Crippen molar-refractivity contribution in [3.8, 4) is 11.8 Å². The fourth-order valence-electron chi connectivity index (χ4n) is 1.43. The Morgan fingerprint density at radius 3 is 2.65 bits per heavy atom. The zero-order valence-corrected chi connectivity index (χ0v) is 12.7. The first-order valence-corrected chi connectivity index (χ1v) is 7.55. The van der Waals surface area contributed by atoms with Gasteiger partial charge in [-0.25, -0.2) is 0 Å². The highest BCUT2D eigenvalue weighted by molar-refractivity contribution is 9.10. The van der Waals surface area contributed by atoms with Crippen molar-refractivity contribution in [2.24, 2.45) is 0 Å². The fraction of sp³-hybridized carbons (Fsp3) is 0.429. The van der Waals surface area contributed by atoms with E-state index in [2.05, 4.69) is 64.3 Å². The largest absolute Gasteiger partial charge is 0.312 e. The summed E-state index contributed by atoms with van der Waals surface area (Å²) >= 11 is 5.32. The predicted molar refractivity (Wildman–Crippen MR) is 80.4 cm³/mol. The van der Waals surface area contributed by atoms with Crippen LogP contribution in [0.5, 0.6) is 0 Å². The highest BCUT2D eigenvalue weighted by atomic mass is 79.9. The van der Waals surface area contributed by atoms with Crippen LogP contribution >= 0.6 is 27.7 Å². The molecule has 1 N–H and O–H groups in total. The summed E-state index contributed by atoms with van der Waals surface area (Å²) < 4.78 is 1.13.